The fourth-order valence-electron chi connectivity index (χ4n) is 4.97. The second-order valence-corrected chi connectivity index (χ2v) is 8.88. The molecule has 0 amide bonds. The smallest absolute Gasteiger partial charge is 0.176 e. The molecule has 2 heterocycles. The van der Waals surface area contributed by atoms with Crippen LogP contribution >= 0.6 is 27.5 Å². The van der Waals surface area contributed by atoms with E-state index in [4.69, 9.17) is 22.8 Å². The van der Waals surface area contributed by atoms with Crippen LogP contribution in [-0.2, 0) is 11.2 Å². The molecular formula is C24H17BrClNO2. The first-order valence-corrected chi connectivity index (χ1v) is 10.5. The fraction of sp³-hybridized carbons (Fsp3) is 0.208. The van der Waals surface area contributed by atoms with Crippen LogP contribution in [0.15, 0.2) is 71.3 Å². The molecule has 5 heteroatoms. The Kier molecular flexibility index (Phi) is 4.25. The standard InChI is InChI=1S/C24H17BrClNO2/c1-2-16-12-20(15-6-4-3-5-7-15)24(17-8-10-18(25)11-9-17)23(16,28)22-21(29-24)13-19(26)14-27-22/h1,3-11,13-14,16,20,28H,12H2. The van der Waals surface area contributed by atoms with Crippen molar-refractivity contribution in [2.75, 3.05) is 0 Å². The third-order valence-corrected chi connectivity index (χ3v) is 6.90. The highest BCUT2D eigenvalue weighted by Crippen LogP contribution is 2.68. The molecule has 3 aromatic rings. The van der Waals surface area contributed by atoms with Gasteiger partial charge in [-0.15, -0.1) is 6.42 Å². The molecule has 2 aromatic carbocycles. The fourth-order valence-corrected chi connectivity index (χ4v) is 5.38. The van der Waals surface area contributed by atoms with Crippen LogP contribution in [0.4, 0.5) is 0 Å². The van der Waals surface area contributed by atoms with Crippen molar-refractivity contribution in [2.24, 2.45) is 5.92 Å². The summed E-state index contributed by atoms with van der Waals surface area (Å²) in [6, 6.07) is 19.6. The average Bonchev–Trinajstić information content (AvgIpc) is 3.13. The number of rotatable bonds is 2. The van der Waals surface area contributed by atoms with Gasteiger partial charge in [-0.25, -0.2) is 0 Å². The van der Waals surface area contributed by atoms with Crippen LogP contribution in [0.5, 0.6) is 5.75 Å². The molecule has 29 heavy (non-hydrogen) atoms. The number of benzene rings is 2. The van der Waals surface area contributed by atoms with Crippen LogP contribution < -0.4 is 4.74 Å². The van der Waals surface area contributed by atoms with E-state index < -0.39 is 17.1 Å². The molecule has 144 valence electrons. The summed E-state index contributed by atoms with van der Waals surface area (Å²) < 4.78 is 7.56. The summed E-state index contributed by atoms with van der Waals surface area (Å²) in [5.74, 6) is 2.67. The third kappa shape index (κ3) is 2.45. The number of pyridine rings is 1. The van der Waals surface area contributed by atoms with Crippen molar-refractivity contribution in [3.8, 4) is 18.1 Å². The summed E-state index contributed by atoms with van der Waals surface area (Å²) >= 11 is 9.69. The largest absolute Gasteiger partial charge is 0.476 e. The summed E-state index contributed by atoms with van der Waals surface area (Å²) in [5, 5.41) is 12.7. The lowest BCUT2D eigenvalue weighted by Crippen LogP contribution is -2.50. The first-order valence-electron chi connectivity index (χ1n) is 9.35. The molecule has 0 bridgehead atoms. The van der Waals surface area contributed by atoms with Crippen LogP contribution in [-0.4, -0.2) is 10.1 Å². The van der Waals surface area contributed by atoms with Gasteiger partial charge in [0.1, 0.15) is 11.4 Å². The maximum Gasteiger partial charge on any atom is 0.176 e. The second kappa shape index (κ2) is 6.60. The van der Waals surface area contributed by atoms with Gasteiger partial charge in [0.15, 0.2) is 11.2 Å². The molecule has 1 saturated carbocycles. The minimum absolute atomic E-state index is 0.163. The zero-order valence-electron chi connectivity index (χ0n) is 15.3. The topological polar surface area (TPSA) is 42.4 Å². The van der Waals surface area contributed by atoms with Crippen molar-refractivity contribution in [2.45, 2.75) is 23.5 Å². The van der Waals surface area contributed by atoms with E-state index in [-0.39, 0.29) is 5.92 Å². The zero-order valence-corrected chi connectivity index (χ0v) is 17.7. The lowest BCUT2D eigenvalue weighted by Gasteiger charge is -2.40. The van der Waals surface area contributed by atoms with Crippen LogP contribution in [0.1, 0.15) is 29.2 Å². The molecule has 0 spiro atoms. The Morgan fingerprint density at radius 2 is 1.90 bits per heavy atom. The Hall–Kier alpha value is -2.32. The molecule has 1 aliphatic heterocycles. The maximum atomic E-state index is 12.3. The molecule has 3 nitrogen and oxygen atoms in total. The predicted molar refractivity (Wildman–Crippen MR) is 116 cm³/mol. The van der Waals surface area contributed by atoms with E-state index in [1.807, 2.05) is 42.5 Å². The van der Waals surface area contributed by atoms with Crippen LogP contribution in [0, 0.1) is 18.3 Å². The highest BCUT2D eigenvalue weighted by Gasteiger charge is 2.73. The quantitative estimate of drug-likeness (QED) is 0.514. The van der Waals surface area contributed by atoms with E-state index in [0.29, 0.717) is 22.9 Å². The van der Waals surface area contributed by atoms with E-state index in [2.05, 4.69) is 39.0 Å². The minimum Gasteiger partial charge on any atom is -0.476 e. The molecule has 1 N–H and O–H groups in total. The molecule has 4 atom stereocenters. The summed E-state index contributed by atoms with van der Waals surface area (Å²) in [6.45, 7) is 0. The van der Waals surface area contributed by atoms with Gasteiger partial charge in [0.25, 0.3) is 0 Å². The van der Waals surface area contributed by atoms with E-state index in [0.717, 1.165) is 15.6 Å². The number of nitrogens with zero attached hydrogens (tertiary/aromatic N) is 1. The molecule has 0 radical (unpaired) electrons. The van der Waals surface area contributed by atoms with Gasteiger partial charge in [-0.05, 0) is 29.7 Å². The van der Waals surface area contributed by atoms with Crippen molar-refractivity contribution in [3.63, 3.8) is 0 Å². The SMILES string of the molecule is C#CC1CC(c2ccccc2)C2(c3ccc(Br)cc3)Oc3cc(Cl)cnc3C12O. The number of ether oxygens (including phenoxy) is 1. The van der Waals surface area contributed by atoms with E-state index in [9.17, 15) is 5.11 Å². The van der Waals surface area contributed by atoms with Crippen LogP contribution in [0.2, 0.25) is 5.02 Å². The molecule has 1 aliphatic carbocycles. The Morgan fingerprint density at radius 1 is 1.17 bits per heavy atom. The Labute approximate surface area is 182 Å². The highest BCUT2D eigenvalue weighted by atomic mass is 79.9. The van der Waals surface area contributed by atoms with Gasteiger partial charge in [0, 0.05) is 22.7 Å². The molecule has 5 rings (SSSR count). The van der Waals surface area contributed by atoms with Crippen LogP contribution in [0.25, 0.3) is 0 Å². The van der Waals surface area contributed by atoms with E-state index >= 15 is 0 Å². The number of aromatic nitrogens is 1. The first kappa shape index (κ1) is 18.7. The summed E-state index contributed by atoms with van der Waals surface area (Å²) in [4.78, 5) is 4.48. The lowest BCUT2D eigenvalue weighted by molar-refractivity contribution is -0.119. The molecule has 1 fully saturated rings. The van der Waals surface area contributed by atoms with Gasteiger partial charge >= 0.3 is 0 Å². The number of halogens is 2. The average molecular weight is 467 g/mol. The molecule has 2 aliphatic rings. The van der Waals surface area contributed by atoms with E-state index in [1.165, 1.54) is 6.20 Å². The van der Waals surface area contributed by atoms with Crippen molar-refractivity contribution in [3.05, 3.63) is 93.2 Å². The molecule has 4 unspecified atom stereocenters. The minimum atomic E-state index is -1.48. The van der Waals surface area contributed by atoms with Crippen LogP contribution in [0.3, 0.4) is 0 Å². The number of hydrogen-bond donors (Lipinski definition) is 1. The Morgan fingerprint density at radius 3 is 2.59 bits per heavy atom. The molecule has 1 aromatic heterocycles. The molecule has 0 saturated heterocycles. The zero-order chi connectivity index (χ0) is 20.2. The Balaban J connectivity index is 1.83. The predicted octanol–water partition coefficient (Wildman–Crippen LogP) is 5.41. The van der Waals surface area contributed by atoms with E-state index in [1.54, 1.807) is 6.07 Å². The number of fused-ring (bicyclic) bond motifs is 3. The van der Waals surface area contributed by atoms with Crippen molar-refractivity contribution in [1.29, 1.82) is 0 Å². The van der Waals surface area contributed by atoms with Gasteiger partial charge in [-0.3, -0.25) is 4.98 Å². The lowest BCUT2D eigenvalue weighted by atomic mass is 9.71. The van der Waals surface area contributed by atoms with Crippen molar-refractivity contribution in [1.82, 2.24) is 4.98 Å². The number of hydrogen-bond acceptors (Lipinski definition) is 3. The first-order chi connectivity index (χ1) is 14.0. The van der Waals surface area contributed by atoms with Gasteiger partial charge in [0.2, 0.25) is 0 Å². The van der Waals surface area contributed by atoms with Gasteiger partial charge in [0.05, 0.1) is 10.9 Å². The summed E-state index contributed by atoms with van der Waals surface area (Å²) in [6.07, 6.45) is 8.05. The van der Waals surface area contributed by atoms with Gasteiger partial charge in [-0.2, -0.15) is 0 Å². The highest BCUT2D eigenvalue weighted by molar-refractivity contribution is 9.10. The summed E-state index contributed by atoms with van der Waals surface area (Å²) in [7, 11) is 0. The Bertz CT molecular complexity index is 1130. The monoisotopic (exact) mass is 465 g/mol. The third-order valence-electron chi connectivity index (χ3n) is 6.16. The number of terminal acetylenes is 1. The summed E-state index contributed by atoms with van der Waals surface area (Å²) in [5.41, 5.74) is -0.220. The van der Waals surface area contributed by atoms with Crippen molar-refractivity contribution < 1.29 is 9.84 Å². The normalized spacial score (nSPS) is 29.6. The maximum absolute atomic E-state index is 12.3. The second-order valence-electron chi connectivity index (χ2n) is 7.53. The van der Waals surface area contributed by atoms with Gasteiger partial charge in [-0.1, -0.05) is 75.9 Å². The molecular weight excluding hydrogens is 450 g/mol. The van der Waals surface area contributed by atoms with Crippen molar-refractivity contribution >= 4 is 27.5 Å². The number of aliphatic hydroxyl groups is 1. The van der Waals surface area contributed by atoms with Gasteiger partial charge < -0.3 is 9.84 Å².